The van der Waals surface area contributed by atoms with Gasteiger partial charge in [0.25, 0.3) is 0 Å². The summed E-state index contributed by atoms with van der Waals surface area (Å²) < 4.78 is 0. The molecule has 2 heteroatoms. The molecule has 1 heterocycles. The Morgan fingerprint density at radius 1 is 0.741 bits per heavy atom. The Labute approximate surface area is 167 Å². The second kappa shape index (κ2) is 13.6. The number of benzene rings is 1. The summed E-state index contributed by atoms with van der Waals surface area (Å²) >= 11 is 0. The van der Waals surface area contributed by atoms with Crippen LogP contribution in [0, 0.1) is 18.0 Å². The molecule has 2 rings (SSSR count). The van der Waals surface area contributed by atoms with Gasteiger partial charge in [-0.3, -0.25) is 0 Å². The topological polar surface area (TPSA) is 24.7 Å². The molecule has 0 aliphatic carbocycles. The molecule has 1 aromatic carbocycles. The fourth-order valence-corrected chi connectivity index (χ4v) is 4.25. The third-order valence-corrected chi connectivity index (χ3v) is 5.75. The molecular formula is C25H39N2+. The maximum Gasteiger partial charge on any atom is 0.244 e. The van der Waals surface area contributed by atoms with Crippen molar-refractivity contribution < 1.29 is 0 Å². The zero-order valence-electron chi connectivity index (χ0n) is 17.6. The van der Waals surface area contributed by atoms with Crippen LogP contribution >= 0.6 is 0 Å². The SMILES string of the molecule is CCCCCCCCCCC([C+]1N=CC=N1)C(CCC)Cc1ccccc1. The molecule has 2 unspecified atom stereocenters. The van der Waals surface area contributed by atoms with E-state index in [1.165, 1.54) is 76.2 Å². The second-order valence-corrected chi connectivity index (χ2v) is 8.02. The smallest absolute Gasteiger partial charge is 0.0965 e. The van der Waals surface area contributed by atoms with Gasteiger partial charge in [-0.05, 0) is 30.7 Å². The van der Waals surface area contributed by atoms with Gasteiger partial charge < -0.3 is 0 Å². The summed E-state index contributed by atoms with van der Waals surface area (Å²) in [7, 11) is 0. The first-order valence-corrected chi connectivity index (χ1v) is 11.3. The highest BCUT2D eigenvalue weighted by Gasteiger charge is 2.34. The van der Waals surface area contributed by atoms with Gasteiger partial charge in [-0.25, -0.2) is 0 Å². The number of aliphatic imine (C=N–C) groups is 2. The zero-order valence-corrected chi connectivity index (χ0v) is 17.6. The Balaban J connectivity index is 1.85. The molecule has 148 valence electrons. The fourth-order valence-electron chi connectivity index (χ4n) is 4.25. The van der Waals surface area contributed by atoms with Crippen LogP contribution in [0.15, 0.2) is 40.3 Å². The number of nitrogens with zero attached hydrogens (tertiary/aromatic N) is 2. The lowest BCUT2D eigenvalue weighted by molar-refractivity contribution is 0.290. The van der Waals surface area contributed by atoms with E-state index in [0.717, 1.165) is 12.6 Å². The van der Waals surface area contributed by atoms with Crippen LogP contribution in [-0.4, -0.2) is 12.4 Å². The van der Waals surface area contributed by atoms with E-state index in [-0.39, 0.29) is 0 Å². The van der Waals surface area contributed by atoms with Gasteiger partial charge in [0.05, 0.1) is 5.92 Å². The van der Waals surface area contributed by atoms with Crippen LogP contribution in [0.3, 0.4) is 0 Å². The highest BCUT2D eigenvalue weighted by molar-refractivity contribution is 6.18. The summed E-state index contributed by atoms with van der Waals surface area (Å²) in [5, 5.41) is 0. The van der Waals surface area contributed by atoms with E-state index >= 15 is 0 Å². The van der Waals surface area contributed by atoms with Crippen molar-refractivity contribution in [2.24, 2.45) is 21.8 Å². The van der Waals surface area contributed by atoms with Gasteiger partial charge in [0.15, 0.2) is 12.4 Å². The maximum atomic E-state index is 4.60. The molecular weight excluding hydrogens is 328 g/mol. The van der Waals surface area contributed by atoms with Crippen LogP contribution in [0.2, 0.25) is 0 Å². The quantitative estimate of drug-likeness (QED) is 0.227. The summed E-state index contributed by atoms with van der Waals surface area (Å²) in [6.07, 6.45) is 20.7. The average molecular weight is 368 g/mol. The number of unbranched alkanes of at least 4 members (excludes halogenated alkanes) is 7. The first kappa shape index (κ1) is 21.7. The van der Waals surface area contributed by atoms with Gasteiger partial charge >= 0.3 is 0 Å². The molecule has 2 atom stereocenters. The number of rotatable bonds is 15. The van der Waals surface area contributed by atoms with Gasteiger partial charge in [0, 0.05) is 0 Å². The van der Waals surface area contributed by atoms with Crippen LogP contribution in [0.25, 0.3) is 0 Å². The molecule has 0 aromatic heterocycles. The normalized spacial score (nSPS) is 15.4. The van der Waals surface area contributed by atoms with Crippen molar-refractivity contribution >= 4 is 12.4 Å². The molecule has 1 aliphatic rings. The Morgan fingerprint density at radius 3 is 2.00 bits per heavy atom. The average Bonchev–Trinajstić information content (AvgIpc) is 3.22. The van der Waals surface area contributed by atoms with Crippen LogP contribution in [0.1, 0.15) is 90.0 Å². The largest absolute Gasteiger partial charge is 0.244 e. The highest BCUT2D eigenvalue weighted by atomic mass is 15.0. The standard InChI is InChI=1S/C25H39N2/c1-3-5-6-7-8-9-10-14-18-24(25-26-19-20-27-25)23(15-4-2)21-22-16-12-11-13-17-22/h11-13,16-17,19-20,23-24H,3-10,14-15,18,21H2,1-2H3/q+1. The molecule has 0 radical (unpaired) electrons. The van der Waals surface area contributed by atoms with Crippen LogP contribution in [-0.2, 0) is 6.42 Å². The summed E-state index contributed by atoms with van der Waals surface area (Å²) in [5.74, 6) is 1.14. The predicted octanol–water partition coefficient (Wildman–Crippen LogP) is 7.44. The first-order valence-electron chi connectivity index (χ1n) is 11.3. The number of hydrogen-bond donors (Lipinski definition) is 0. The van der Waals surface area contributed by atoms with Crippen molar-refractivity contribution in [3.63, 3.8) is 0 Å². The van der Waals surface area contributed by atoms with E-state index in [1.807, 2.05) is 12.4 Å². The summed E-state index contributed by atoms with van der Waals surface area (Å²) in [6, 6.07) is 11.0. The molecule has 0 fully saturated rings. The van der Waals surface area contributed by atoms with Crippen LogP contribution in [0.5, 0.6) is 0 Å². The molecule has 0 saturated carbocycles. The molecule has 0 N–H and O–H groups in total. The molecule has 2 nitrogen and oxygen atoms in total. The van der Waals surface area contributed by atoms with Gasteiger partial charge in [0.1, 0.15) is 0 Å². The maximum absolute atomic E-state index is 4.60. The minimum Gasteiger partial charge on any atom is -0.0965 e. The predicted molar refractivity (Wildman–Crippen MR) is 119 cm³/mol. The summed E-state index contributed by atoms with van der Waals surface area (Å²) in [5.41, 5.74) is 1.45. The molecule has 27 heavy (non-hydrogen) atoms. The van der Waals surface area contributed by atoms with E-state index in [0.29, 0.717) is 11.8 Å². The van der Waals surface area contributed by atoms with Gasteiger partial charge in [0.2, 0.25) is 6.17 Å². The van der Waals surface area contributed by atoms with Crippen LogP contribution in [0.4, 0.5) is 0 Å². The van der Waals surface area contributed by atoms with E-state index < -0.39 is 0 Å². The Hall–Kier alpha value is -1.57. The van der Waals surface area contributed by atoms with E-state index in [1.54, 1.807) is 0 Å². The lowest BCUT2D eigenvalue weighted by Crippen LogP contribution is -2.22. The highest BCUT2D eigenvalue weighted by Crippen LogP contribution is 2.36. The van der Waals surface area contributed by atoms with Crippen molar-refractivity contribution in [2.75, 3.05) is 0 Å². The molecule has 0 saturated heterocycles. The Bertz CT molecular complexity index is 523. The first-order chi connectivity index (χ1) is 13.3. The van der Waals surface area contributed by atoms with Crippen molar-refractivity contribution in [3.8, 4) is 0 Å². The second-order valence-electron chi connectivity index (χ2n) is 8.02. The lowest BCUT2D eigenvalue weighted by atomic mass is 9.79. The zero-order chi connectivity index (χ0) is 19.2. The minimum atomic E-state index is 0.500. The third kappa shape index (κ3) is 8.32. The molecule has 0 bridgehead atoms. The molecule has 0 amide bonds. The van der Waals surface area contributed by atoms with Gasteiger partial charge in [-0.2, -0.15) is 0 Å². The molecule has 1 aliphatic heterocycles. The van der Waals surface area contributed by atoms with E-state index in [9.17, 15) is 0 Å². The lowest BCUT2D eigenvalue weighted by Gasteiger charge is -2.25. The minimum absolute atomic E-state index is 0.500. The van der Waals surface area contributed by atoms with Crippen molar-refractivity contribution in [2.45, 2.75) is 90.9 Å². The monoisotopic (exact) mass is 367 g/mol. The van der Waals surface area contributed by atoms with E-state index in [4.69, 9.17) is 0 Å². The van der Waals surface area contributed by atoms with Crippen LogP contribution < -0.4 is 0 Å². The Morgan fingerprint density at radius 2 is 1.37 bits per heavy atom. The van der Waals surface area contributed by atoms with Gasteiger partial charge in [-0.1, -0.05) is 112 Å². The van der Waals surface area contributed by atoms with Crippen molar-refractivity contribution in [3.05, 3.63) is 42.1 Å². The molecule has 1 aromatic rings. The summed E-state index contributed by atoms with van der Waals surface area (Å²) in [6.45, 7) is 4.59. The Kier molecular flexibility index (Phi) is 10.9. The summed E-state index contributed by atoms with van der Waals surface area (Å²) in [4.78, 5) is 9.20. The molecule has 0 spiro atoms. The van der Waals surface area contributed by atoms with Crippen molar-refractivity contribution in [1.29, 1.82) is 0 Å². The van der Waals surface area contributed by atoms with Crippen molar-refractivity contribution in [1.82, 2.24) is 0 Å². The van der Waals surface area contributed by atoms with Gasteiger partial charge in [-0.15, -0.1) is 0 Å². The van der Waals surface area contributed by atoms with E-state index in [2.05, 4.69) is 54.2 Å². The fraction of sp³-hybridized carbons (Fsp3) is 0.640. The third-order valence-electron chi connectivity index (χ3n) is 5.75. The number of hydrogen-bond acceptors (Lipinski definition) is 2.